The molecule has 41 heavy (non-hydrogen) atoms. The zero-order valence-electron chi connectivity index (χ0n) is 22.8. The van der Waals surface area contributed by atoms with Crippen LogP contribution in [-0.4, -0.2) is 39.1 Å². The molecule has 0 saturated heterocycles. The number of para-hydroxylation sites is 1. The van der Waals surface area contributed by atoms with Crippen molar-refractivity contribution in [2.75, 3.05) is 26.2 Å². The number of nitrogens with zero attached hydrogens (tertiary/aromatic N) is 1. The van der Waals surface area contributed by atoms with E-state index in [9.17, 15) is 14.4 Å². The molecule has 5 rings (SSSR count). The fourth-order valence-corrected chi connectivity index (χ4v) is 5.99. The second kappa shape index (κ2) is 11.5. The molecule has 3 aromatic rings. The van der Waals surface area contributed by atoms with Gasteiger partial charge in [0.05, 0.1) is 32.8 Å². The Balaban J connectivity index is 1.81. The predicted octanol–water partition coefficient (Wildman–Crippen LogP) is 5.10. The van der Waals surface area contributed by atoms with Crippen molar-refractivity contribution in [3.05, 3.63) is 118 Å². The molecule has 1 aliphatic heterocycles. The van der Waals surface area contributed by atoms with Gasteiger partial charge in [0, 0.05) is 27.9 Å². The van der Waals surface area contributed by atoms with E-state index < -0.39 is 35.5 Å². The van der Waals surface area contributed by atoms with Crippen molar-refractivity contribution >= 4 is 35.0 Å². The highest BCUT2D eigenvalue weighted by atomic mass is 35.5. The first kappa shape index (κ1) is 28.0. The van der Waals surface area contributed by atoms with Gasteiger partial charge in [-0.25, -0.2) is 4.79 Å². The van der Waals surface area contributed by atoms with E-state index in [1.54, 1.807) is 48.4 Å². The van der Waals surface area contributed by atoms with Crippen molar-refractivity contribution in [2.24, 2.45) is 11.7 Å². The lowest BCUT2D eigenvalue weighted by Crippen LogP contribution is -2.46. The van der Waals surface area contributed by atoms with E-state index in [0.717, 1.165) is 5.56 Å². The number of benzene rings is 3. The summed E-state index contributed by atoms with van der Waals surface area (Å²) in [6.07, 6.45) is 0.258. The number of rotatable bonds is 6. The summed E-state index contributed by atoms with van der Waals surface area (Å²) in [4.78, 5) is 43.0. The van der Waals surface area contributed by atoms with Crippen LogP contribution in [0, 0.1) is 5.92 Å². The fourth-order valence-electron chi connectivity index (χ4n) is 5.79. The Kier molecular flexibility index (Phi) is 7.85. The molecule has 0 aromatic heterocycles. The molecule has 8 nitrogen and oxygen atoms in total. The number of esters is 2. The number of methoxy groups -OCH3 is 3. The van der Waals surface area contributed by atoms with Crippen molar-refractivity contribution in [1.29, 1.82) is 0 Å². The summed E-state index contributed by atoms with van der Waals surface area (Å²) >= 11 is 6.37. The molecule has 0 spiro atoms. The standard InChI is InChI=1S/C32H29ClN2O6/c1-39-22-14-12-18(13-15-22)23-17-24-27(29(36)26(23)31(37)40-2)25(19-8-7-9-20(33)16-19)28(32(38)41-3)30(34)35(24)21-10-5-4-6-11-21/h4-16,23,25-26H,17,34H2,1-3H3. The maximum atomic E-state index is 14.6. The molecule has 0 radical (unpaired) electrons. The lowest BCUT2D eigenvalue weighted by Gasteiger charge is -2.44. The average Bonchev–Trinajstić information content (AvgIpc) is 3.00. The predicted molar refractivity (Wildman–Crippen MR) is 154 cm³/mol. The Morgan fingerprint density at radius 2 is 1.61 bits per heavy atom. The van der Waals surface area contributed by atoms with Crippen LogP contribution in [0.5, 0.6) is 5.75 Å². The van der Waals surface area contributed by atoms with Crippen LogP contribution >= 0.6 is 11.6 Å². The third kappa shape index (κ3) is 4.95. The van der Waals surface area contributed by atoms with Gasteiger partial charge in [0.2, 0.25) is 0 Å². The van der Waals surface area contributed by atoms with Gasteiger partial charge >= 0.3 is 11.9 Å². The second-order valence-electron chi connectivity index (χ2n) is 9.76. The number of nitrogens with two attached hydrogens (primary N) is 1. The zero-order valence-corrected chi connectivity index (χ0v) is 23.6. The third-order valence-corrected chi connectivity index (χ3v) is 7.87. The maximum absolute atomic E-state index is 14.6. The number of halogens is 1. The fraction of sp³-hybridized carbons (Fsp3) is 0.219. The lowest BCUT2D eigenvalue weighted by molar-refractivity contribution is -0.150. The monoisotopic (exact) mass is 572 g/mol. The number of hydrogen-bond donors (Lipinski definition) is 1. The van der Waals surface area contributed by atoms with E-state index in [2.05, 4.69) is 0 Å². The summed E-state index contributed by atoms with van der Waals surface area (Å²) in [5.74, 6) is -3.70. The highest BCUT2D eigenvalue weighted by molar-refractivity contribution is 6.30. The van der Waals surface area contributed by atoms with Gasteiger partial charge in [0.25, 0.3) is 0 Å². The molecule has 210 valence electrons. The van der Waals surface area contributed by atoms with Crippen LogP contribution in [0.1, 0.15) is 29.4 Å². The third-order valence-electron chi connectivity index (χ3n) is 7.64. The minimum absolute atomic E-state index is 0.0808. The highest BCUT2D eigenvalue weighted by Gasteiger charge is 2.51. The van der Waals surface area contributed by atoms with Gasteiger partial charge in [-0.3, -0.25) is 14.5 Å². The van der Waals surface area contributed by atoms with E-state index in [-0.39, 0.29) is 23.4 Å². The Bertz CT molecular complexity index is 1560. The van der Waals surface area contributed by atoms with E-state index in [1.807, 2.05) is 42.5 Å². The first-order valence-corrected chi connectivity index (χ1v) is 13.4. The summed E-state index contributed by atoms with van der Waals surface area (Å²) in [7, 11) is 4.08. The first-order chi connectivity index (χ1) is 19.8. The van der Waals surface area contributed by atoms with Gasteiger partial charge < -0.3 is 19.9 Å². The number of anilines is 1. The molecule has 0 fully saturated rings. The molecule has 3 unspecified atom stereocenters. The quantitative estimate of drug-likeness (QED) is 0.321. The van der Waals surface area contributed by atoms with Crippen molar-refractivity contribution in [2.45, 2.75) is 18.3 Å². The van der Waals surface area contributed by atoms with Gasteiger partial charge in [-0.15, -0.1) is 0 Å². The summed E-state index contributed by atoms with van der Waals surface area (Å²) in [6.45, 7) is 0. The first-order valence-electron chi connectivity index (χ1n) is 13.0. The average molecular weight is 573 g/mol. The number of ether oxygens (including phenoxy) is 3. The minimum atomic E-state index is -1.16. The molecule has 2 aliphatic rings. The Labute approximate surface area is 242 Å². The Hall–Kier alpha value is -4.56. The van der Waals surface area contributed by atoms with Crippen molar-refractivity contribution < 1.29 is 28.6 Å². The highest BCUT2D eigenvalue weighted by Crippen LogP contribution is 2.51. The Morgan fingerprint density at radius 3 is 2.22 bits per heavy atom. The summed E-state index contributed by atoms with van der Waals surface area (Å²) in [5.41, 5.74) is 9.72. The molecule has 1 heterocycles. The smallest absolute Gasteiger partial charge is 0.338 e. The van der Waals surface area contributed by atoms with Crippen molar-refractivity contribution in [3.63, 3.8) is 0 Å². The van der Waals surface area contributed by atoms with E-state index in [4.69, 9.17) is 31.5 Å². The van der Waals surface area contributed by atoms with Gasteiger partial charge in [0.15, 0.2) is 5.78 Å². The maximum Gasteiger partial charge on any atom is 0.338 e. The van der Waals surface area contributed by atoms with Crippen molar-refractivity contribution in [3.8, 4) is 5.75 Å². The van der Waals surface area contributed by atoms with Crippen LogP contribution in [0.2, 0.25) is 5.02 Å². The van der Waals surface area contributed by atoms with Crippen LogP contribution in [-0.2, 0) is 23.9 Å². The van der Waals surface area contributed by atoms with Crippen LogP contribution in [0.4, 0.5) is 5.69 Å². The molecule has 9 heteroatoms. The molecule has 2 N–H and O–H groups in total. The zero-order chi connectivity index (χ0) is 29.3. The van der Waals surface area contributed by atoms with Gasteiger partial charge in [-0.05, 0) is 53.9 Å². The summed E-state index contributed by atoms with van der Waals surface area (Å²) in [6, 6.07) is 23.3. The number of hydrogen-bond acceptors (Lipinski definition) is 8. The largest absolute Gasteiger partial charge is 0.497 e. The number of ketones is 1. The van der Waals surface area contributed by atoms with Crippen LogP contribution in [0.3, 0.4) is 0 Å². The van der Waals surface area contributed by atoms with Gasteiger partial charge in [-0.1, -0.05) is 54.1 Å². The topological polar surface area (TPSA) is 108 Å². The van der Waals surface area contributed by atoms with Gasteiger partial charge in [-0.2, -0.15) is 0 Å². The molecule has 3 atom stereocenters. The van der Waals surface area contributed by atoms with Crippen LogP contribution in [0.25, 0.3) is 0 Å². The van der Waals surface area contributed by atoms with E-state index in [1.165, 1.54) is 14.2 Å². The number of allylic oxidation sites excluding steroid dienone is 2. The van der Waals surface area contributed by atoms with E-state index in [0.29, 0.717) is 27.7 Å². The normalized spacial score (nSPS) is 20.4. The Morgan fingerprint density at radius 1 is 0.902 bits per heavy atom. The number of carbonyl (C=O) groups excluding carboxylic acids is 3. The number of carbonyl (C=O) groups is 3. The number of Topliss-reactive ketones (excluding diaryl/α,β-unsaturated/α-hetero) is 1. The molecule has 0 bridgehead atoms. The second-order valence-corrected chi connectivity index (χ2v) is 10.2. The van der Waals surface area contributed by atoms with E-state index >= 15 is 0 Å². The summed E-state index contributed by atoms with van der Waals surface area (Å²) in [5, 5.41) is 0.418. The summed E-state index contributed by atoms with van der Waals surface area (Å²) < 4.78 is 15.6. The van der Waals surface area contributed by atoms with Crippen LogP contribution < -0.4 is 15.4 Å². The molecule has 0 saturated carbocycles. The molecular formula is C32H29ClN2O6. The molecule has 1 aliphatic carbocycles. The molecular weight excluding hydrogens is 544 g/mol. The lowest BCUT2D eigenvalue weighted by atomic mass is 9.67. The SMILES string of the molecule is COC(=O)C1=C(N)N(c2ccccc2)C2=C(C(=O)C(C(=O)OC)C(c3ccc(OC)cc3)C2)C1c1cccc(Cl)c1. The minimum Gasteiger partial charge on any atom is -0.497 e. The molecule has 3 aromatic carbocycles. The van der Waals surface area contributed by atoms with Gasteiger partial charge in [0.1, 0.15) is 17.5 Å². The van der Waals surface area contributed by atoms with Crippen LogP contribution in [0.15, 0.2) is 102 Å². The molecule has 0 amide bonds. The van der Waals surface area contributed by atoms with Crippen molar-refractivity contribution in [1.82, 2.24) is 0 Å².